The highest BCUT2D eigenvalue weighted by atomic mass is 35.5. The van der Waals surface area contributed by atoms with E-state index >= 15 is 0 Å². The number of aliphatic carboxylic acids is 1. The van der Waals surface area contributed by atoms with E-state index in [9.17, 15) is 9.18 Å². The van der Waals surface area contributed by atoms with Crippen molar-refractivity contribution in [1.82, 2.24) is 5.32 Å². The van der Waals surface area contributed by atoms with E-state index in [1.54, 1.807) is 6.07 Å². The number of nitrogens with one attached hydrogen (secondary N) is 1. The van der Waals surface area contributed by atoms with Crippen LogP contribution in [0.25, 0.3) is 0 Å². The zero-order chi connectivity index (χ0) is 14.7. The van der Waals surface area contributed by atoms with E-state index in [1.807, 2.05) is 6.92 Å². The van der Waals surface area contributed by atoms with Gasteiger partial charge in [0, 0.05) is 17.1 Å². The first-order chi connectivity index (χ1) is 9.47. The third-order valence-electron chi connectivity index (χ3n) is 3.99. The summed E-state index contributed by atoms with van der Waals surface area (Å²) in [5.74, 6) is -1.25. The molecule has 1 aromatic rings. The summed E-state index contributed by atoms with van der Waals surface area (Å²) in [4.78, 5) is 10.9. The zero-order valence-corrected chi connectivity index (χ0v) is 12.2. The van der Waals surface area contributed by atoms with E-state index in [0.29, 0.717) is 23.9 Å². The number of benzene rings is 1. The molecule has 0 heterocycles. The topological polar surface area (TPSA) is 49.3 Å². The maximum absolute atomic E-state index is 13.0. The summed E-state index contributed by atoms with van der Waals surface area (Å²) in [5.41, 5.74) is 0.869. The number of hydrogen-bond donors (Lipinski definition) is 2. The van der Waals surface area contributed by atoms with Crippen molar-refractivity contribution in [2.24, 2.45) is 5.92 Å². The summed E-state index contributed by atoms with van der Waals surface area (Å²) >= 11 is 6.05. The molecule has 0 amide bonds. The minimum absolute atomic E-state index is 0.0227. The molecule has 5 heteroatoms. The summed E-state index contributed by atoms with van der Waals surface area (Å²) in [5, 5.41) is 12.8. The predicted octanol–water partition coefficient (Wildman–Crippen LogP) is 3.77. The van der Waals surface area contributed by atoms with Crippen LogP contribution in [0.3, 0.4) is 0 Å². The maximum Gasteiger partial charge on any atom is 0.306 e. The molecule has 20 heavy (non-hydrogen) atoms. The smallest absolute Gasteiger partial charge is 0.306 e. The maximum atomic E-state index is 13.0. The Labute approximate surface area is 123 Å². The van der Waals surface area contributed by atoms with Crippen molar-refractivity contribution in [2.45, 2.75) is 44.7 Å². The van der Waals surface area contributed by atoms with Crippen LogP contribution in [0.5, 0.6) is 0 Å². The molecule has 1 aromatic carbocycles. The lowest BCUT2D eigenvalue weighted by Crippen LogP contribution is -2.36. The molecule has 0 bridgehead atoms. The number of halogens is 2. The number of carboxylic acids is 1. The van der Waals surface area contributed by atoms with Gasteiger partial charge in [-0.1, -0.05) is 17.7 Å². The average Bonchev–Trinajstić information content (AvgIpc) is 2.39. The van der Waals surface area contributed by atoms with Crippen LogP contribution in [0.15, 0.2) is 18.2 Å². The molecular formula is C15H19ClFNO2. The fourth-order valence-electron chi connectivity index (χ4n) is 2.80. The van der Waals surface area contributed by atoms with E-state index in [-0.39, 0.29) is 17.8 Å². The van der Waals surface area contributed by atoms with Gasteiger partial charge in [-0.15, -0.1) is 0 Å². The molecule has 0 radical (unpaired) electrons. The largest absolute Gasteiger partial charge is 0.481 e. The Morgan fingerprint density at radius 1 is 1.40 bits per heavy atom. The normalized spacial score (nSPS) is 24.4. The van der Waals surface area contributed by atoms with Gasteiger partial charge in [0.25, 0.3) is 0 Å². The summed E-state index contributed by atoms with van der Waals surface area (Å²) in [6.07, 6.45) is 3.11. The summed E-state index contributed by atoms with van der Waals surface area (Å²) < 4.78 is 13.0. The molecule has 0 aromatic heterocycles. The summed E-state index contributed by atoms with van der Waals surface area (Å²) in [7, 11) is 0. The zero-order valence-electron chi connectivity index (χ0n) is 11.4. The number of carbonyl (C=O) groups is 1. The Balaban J connectivity index is 1.92. The van der Waals surface area contributed by atoms with E-state index in [0.717, 1.165) is 18.4 Å². The van der Waals surface area contributed by atoms with Crippen molar-refractivity contribution in [3.05, 3.63) is 34.6 Å². The van der Waals surface area contributed by atoms with Gasteiger partial charge in [0.2, 0.25) is 0 Å². The lowest BCUT2D eigenvalue weighted by molar-refractivity contribution is -0.142. The van der Waals surface area contributed by atoms with Crippen molar-refractivity contribution in [1.29, 1.82) is 0 Å². The Morgan fingerprint density at radius 3 is 2.60 bits per heavy atom. The van der Waals surface area contributed by atoms with Gasteiger partial charge < -0.3 is 10.4 Å². The van der Waals surface area contributed by atoms with Crippen LogP contribution in [-0.2, 0) is 4.79 Å². The molecular weight excluding hydrogens is 281 g/mol. The van der Waals surface area contributed by atoms with Crippen molar-refractivity contribution in [3.63, 3.8) is 0 Å². The fraction of sp³-hybridized carbons (Fsp3) is 0.533. The van der Waals surface area contributed by atoms with Gasteiger partial charge in [-0.2, -0.15) is 0 Å². The lowest BCUT2D eigenvalue weighted by atomic mass is 9.85. The molecule has 2 rings (SSSR count). The number of rotatable bonds is 4. The minimum Gasteiger partial charge on any atom is -0.481 e. The Bertz CT molecular complexity index is 487. The highest BCUT2D eigenvalue weighted by molar-refractivity contribution is 6.31. The van der Waals surface area contributed by atoms with Gasteiger partial charge in [-0.3, -0.25) is 4.79 Å². The second kappa shape index (κ2) is 6.55. The summed E-state index contributed by atoms with van der Waals surface area (Å²) in [6.45, 7) is 1.99. The molecule has 1 unspecified atom stereocenters. The predicted molar refractivity (Wildman–Crippen MR) is 76.3 cm³/mol. The van der Waals surface area contributed by atoms with Gasteiger partial charge in [0.05, 0.1) is 5.92 Å². The molecule has 1 saturated carbocycles. The van der Waals surface area contributed by atoms with Crippen LogP contribution in [-0.4, -0.2) is 17.1 Å². The first-order valence-corrected chi connectivity index (χ1v) is 7.29. The SMILES string of the molecule is CC(NC1CCC(C(=O)O)CC1)c1ccc(F)cc1Cl. The average molecular weight is 300 g/mol. The van der Waals surface area contributed by atoms with Gasteiger partial charge >= 0.3 is 5.97 Å². The second-order valence-corrected chi connectivity index (χ2v) is 5.85. The van der Waals surface area contributed by atoms with Crippen LogP contribution in [0.2, 0.25) is 5.02 Å². The molecule has 1 atom stereocenters. The van der Waals surface area contributed by atoms with Crippen molar-refractivity contribution < 1.29 is 14.3 Å². The van der Waals surface area contributed by atoms with Crippen molar-refractivity contribution in [3.8, 4) is 0 Å². The molecule has 0 saturated heterocycles. The van der Waals surface area contributed by atoms with Gasteiger partial charge in [0.15, 0.2) is 0 Å². The van der Waals surface area contributed by atoms with E-state index in [4.69, 9.17) is 16.7 Å². The van der Waals surface area contributed by atoms with Crippen molar-refractivity contribution in [2.75, 3.05) is 0 Å². The van der Waals surface area contributed by atoms with Crippen LogP contribution in [0.1, 0.15) is 44.2 Å². The van der Waals surface area contributed by atoms with E-state index in [1.165, 1.54) is 12.1 Å². The first-order valence-electron chi connectivity index (χ1n) is 6.91. The number of hydrogen-bond acceptors (Lipinski definition) is 2. The van der Waals surface area contributed by atoms with Crippen LogP contribution in [0, 0.1) is 11.7 Å². The van der Waals surface area contributed by atoms with Crippen LogP contribution < -0.4 is 5.32 Å². The molecule has 0 aliphatic heterocycles. The van der Waals surface area contributed by atoms with Crippen LogP contribution >= 0.6 is 11.6 Å². The third-order valence-corrected chi connectivity index (χ3v) is 4.32. The fourth-order valence-corrected chi connectivity index (χ4v) is 3.13. The van der Waals surface area contributed by atoms with Gasteiger partial charge in [0.1, 0.15) is 5.82 Å². The highest BCUT2D eigenvalue weighted by Crippen LogP contribution is 2.28. The van der Waals surface area contributed by atoms with Gasteiger partial charge in [-0.05, 0) is 50.3 Å². The standard InChI is InChI=1S/C15H19ClFNO2/c1-9(13-7-4-11(17)8-14(13)16)18-12-5-2-10(3-6-12)15(19)20/h4,7-10,12,18H,2-3,5-6H2,1H3,(H,19,20). The lowest BCUT2D eigenvalue weighted by Gasteiger charge is -2.30. The van der Waals surface area contributed by atoms with E-state index in [2.05, 4.69) is 5.32 Å². The molecule has 110 valence electrons. The second-order valence-electron chi connectivity index (χ2n) is 5.44. The van der Waals surface area contributed by atoms with Gasteiger partial charge in [-0.25, -0.2) is 4.39 Å². The monoisotopic (exact) mass is 299 g/mol. The van der Waals surface area contributed by atoms with E-state index < -0.39 is 5.97 Å². The first kappa shape index (κ1) is 15.3. The third kappa shape index (κ3) is 3.70. The molecule has 0 spiro atoms. The Kier molecular flexibility index (Phi) is 5.00. The Morgan fingerprint density at radius 2 is 2.05 bits per heavy atom. The molecule has 2 N–H and O–H groups in total. The molecule has 1 aliphatic carbocycles. The summed E-state index contributed by atoms with van der Waals surface area (Å²) in [6, 6.07) is 4.73. The van der Waals surface area contributed by atoms with Crippen molar-refractivity contribution >= 4 is 17.6 Å². The molecule has 3 nitrogen and oxygen atoms in total. The quantitative estimate of drug-likeness (QED) is 0.889. The van der Waals surface area contributed by atoms with Crippen LogP contribution in [0.4, 0.5) is 4.39 Å². The molecule has 1 aliphatic rings. The minimum atomic E-state index is -0.696. The highest BCUT2D eigenvalue weighted by Gasteiger charge is 2.26. The number of carboxylic acid groups (broad SMARTS) is 1. The Hall–Kier alpha value is -1.13. The molecule has 1 fully saturated rings.